The molecule has 2 rings (SSSR count). The van der Waals surface area contributed by atoms with Crippen molar-refractivity contribution >= 4 is 5.97 Å². The van der Waals surface area contributed by atoms with Crippen LogP contribution in [0.3, 0.4) is 0 Å². The predicted molar refractivity (Wildman–Crippen MR) is 82.1 cm³/mol. The predicted octanol–water partition coefficient (Wildman–Crippen LogP) is 1.17. The summed E-state index contributed by atoms with van der Waals surface area (Å²) in [6.07, 6.45) is 2.64. The van der Waals surface area contributed by atoms with Crippen LogP contribution in [0.2, 0.25) is 0 Å². The van der Waals surface area contributed by atoms with Crippen LogP contribution in [0.25, 0.3) is 0 Å². The molecule has 2 aromatic rings. The average molecular weight is 302 g/mol. The van der Waals surface area contributed by atoms with Gasteiger partial charge in [-0.2, -0.15) is 0 Å². The number of benzene rings is 1. The number of nitrogens with zero attached hydrogens (tertiary/aromatic N) is 1. The van der Waals surface area contributed by atoms with E-state index in [4.69, 9.17) is 4.74 Å². The second-order valence-electron chi connectivity index (χ2n) is 5.14. The molecule has 1 aromatic heterocycles. The van der Waals surface area contributed by atoms with Crippen LogP contribution in [0.15, 0.2) is 40.1 Å². The molecule has 1 N–H and O–H groups in total. The van der Waals surface area contributed by atoms with Crippen molar-refractivity contribution in [3.05, 3.63) is 68.0 Å². The van der Waals surface area contributed by atoms with Crippen LogP contribution in [0.1, 0.15) is 27.9 Å². The molecule has 0 aliphatic heterocycles. The summed E-state index contributed by atoms with van der Waals surface area (Å²) in [5, 5.41) is 0. The Hall–Kier alpha value is -2.63. The van der Waals surface area contributed by atoms with Crippen molar-refractivity contribution in [2.24, 2.45) is 7.05 Å². The Labute approximate surface area is 127 Å². The summed E-state index contributed by atoms with van der Waals surface area (Å²) in [5.41, 5.74) is 0.896. The van der Waals surface area contributed by atoms with E-state index in [2.05, 4.69) is 11.1 Å². The Morgan fingerprint density at radius 2 is 2.09 bits per heavy atom. The summed E-state index contributed by atoms with van der Waals surface area (Å²) >= 11 is 0. The van der Waals surface area contributed by atoms with Crippen molar-refractivity contribution in [1.29, 1.82) is 0 Å². The van der Waals surface area contributed by atoms with Gasteiger partial charge in [-0.25, -0.2) is 9.59 Å². The van der Waals surface area contributed by atoms with Crippen molar-refractivity contribution < 1.29 is 9.53 Å². The molecule has 0 saturated carbocycles. The van der Waals surface area contributed by atoms with E-state index in [1.807, 2.05) is 25.1 Å². The SMILES string of the molecule is Cc1cccc(CCCOC(=O)c2cn(C)c(=O)[nH]c2=O)c1. The summed E-state index contributed by atoms with van der Waals surface area (Å²) in [5.74, 6) is -0.721. The number of carbonyl (C=O) groups is 1. The number of nitrogens with one attached hydrogen (secondary N) is 1. The average Bonchev–Trinajstić information content (AvgIpc) is 2.47. The maximum absolute atomic E-state index is 11.8. The first-order chi connectivity index (χ1) is 10.5. The molecular formula is C16H18N2O4. The highest BCUT2D eigenvalue weighted by molar-refractivity contribution is 5.88. The molecule has 116 valence electrons. The van der Waals surface area contributed by atoms with E-state index in [-0.39, 0.29) is 12.2 Å². The van der Waals surface area contributed by atoms with E-state index in [0.29, 0.717) is 6.42 Å². The van der Waals surface area contributed by atoms with Gasteiger partial charge in [0.25, 0.3) is 5.56 Å². The van der Waals surface area contributed by atoms with Crippen molar-refractivity contribution in [1.82, 2.24) is 9.55 Å². The van der Waals surface area contributed by atoms with Crippen LogP contribution in [0.4, 0.5) is 0 Å². The molecule has 22 heavy (non-hydrogen) atoms. The van der Waals surface area contributed by atoms with E-state index in [0.717, 1.165) is 11.0 Å². The number of ether oxygens (including phenoxy) is 1. The molecule has 0 fully saturated rings. The van der Waals surface area contributed by atoms with Crippen LogP contribution in [0, 0.1) is 6.92 Å². The highest BCUT2D eigenvalue weighted by atomic mass is 16.5. The molecule has 6 nitrogen and oxygen atoms in total. The fourth-order valence-electron chi connectivity index (χ4n) is 2.10. The van der Waals surface area contributed by atoms with Gasteiger partial charge in [-0.15, -0.1) is 0 Å². The van der Waals surface area contributed by atoms with Crippen LogP contribution in [-0.2, 0) is 18.2 Å². The summed E-state index contributed by atoms with van der Waals surface area (Å²) in [7, 11) is 1.45. The Morgan fingerprint density at radius 1 is 1.32 bits per heavy atom. The number of hydrogen-bond donors (Lipinski definition) is 1. The number of aryl methyl sites for hydroxylation is 3. The first-order valence-corrected chi connectivity index (χ1v) is 7.00. The molecule has 6 heteroatoms. The lowest BCUT2D eigenvalue weighted by Gasteiger charge is -2.06. The molecule has 0 bridgehead atoms. The Kier molecular flexibility index (Phi) is 4.93. The van der Waals surface area contributed by atoms with Gasteiger partial charge in [-0.05, 0) is 25.3 Å². The second kappa shape index (κ2) is 6.89. The topological polar surface area (TPSA) is 81.2 Å². The van der Waals surface area contributed by atoms with Gasteiger partial charge in [0.1, 0.15) is 5.56 Å². The maximum atomic E-state index is 11.8. The fourth-order valence-corrected chi connectivity index (χ4v) is 2.10. The molecule has 0 amide bonds. The van der Waals surface area contributed by atoms with Gasteiger partial charge in [-0.1, -0.05) is 29.8 Å². The molecule has 1 aromatic carbocycles. The highest BCUT2D eigenvalue weighted by Crippen LogP contribution is 2.06. The summed E-state index contributed by atoms with van der Waals surface area (Å²) < 4.78 is 6.21. The van der Waals surface area contributed by atoms with E-state index < -0.39 is 17.2 Å². The quantitative estimate of drug-likeness (QED) is 0.664. The lowest BCUT2D eigenvalue weighted by molar-refractivity contribution is 0.0497. The third kappa shape index (κ3) is 3.94. The van der Waals surface area contributed by atoms with Crippen molar-refractivity contribution in [3.63, 3.8) is 0 Å². The van der Waals surface area contributed by atoms with Crippen molar-refractivity contribution in [2.45, 2.75) is 19.8 Å². The van der Waals surface area contributed by atoms with Crippen LogP contribution < -0.4 is 11.2 Å². The number of carbonyl (C=O) groups excluding carboxylic acids is 1. The molecule has 1 heterocycles. The van der Waals surface area contributed by atoms with Gasteiger partial charge in [0, 0.05) is 13.2 Å². The minimum absolute atomic E-state index is 0.169. The zero-order valence-electron chi connectivity index (χ0n) is 12.6. The van der Waals surface area contributed by atoms with Crippen LogP contribution in [-0.4, -0.2) is 22.1 Å². The minimum Gasteiger partial charge on any atom is -0.462 e. The van der Waals surface area contributed by atoms with Crippen LogP contribution >= 0.6 is 0 Å². The van der Waals surface area contributed by atoms with Gasteiger partial charge in [0.05, 0.1) is 6.61 Å². The molecular weight excluding hydrogens is 284 g/mol. The third-order valence-electron chi connectivity index (χ3n) is 3.25. The number of aromatic nitrogens is 2. The van der Waals surface area contributed by atoms with Crippen LogP contribution in [0.5, 0.6) is 0 Å². The molecule has 0 atom stereocenters. The lowest BCUT2D eigenvalue weighted by Crippen LogP contribution is -2.32. The van der Waals surface area contributed by atoms with Gasteiger partial charge >= 0.3 is 11.7 Å². The van der Waals surface area contributed by atoms with E-state index in [1.165, 1.54) is 24.4 Å². The Bertz CT molecular complexity index is 789. The van der Waals surface area contributed by atoms with Gasteiger partial charge in [-0.3, -0.25) is 9.78 Å². The maximum Gasteiger partial charge on any atom is 0.345 e. The molecule has 0 spiro atoms. The highest BCUT2D eigenvalue weighted by Gasteiger charge is 2.13. The lowest BCUT2D eigenvalue weighted by atomic mass is 10.1. The summed E-state index contributed by atoms with van der Waals surface area (Å²) in [4.78, 5) is 36.7. The Morgan fingerprint density at radius 3 is 2.82 bits per heavy atom. The minimum atomic E-state index is -0.730. The van der Waals surface area contributed by atoms with E-state index in [1.54, 1.807) is 0 Å². The Balaban J connectivity index is 1.90. The normalized spacial score (nSPS) is 10.5. The number of hydrogen-bond acceptors (Lipinski definition) is 4. The molecule has 0 radical (unpaired) electrons. The first-order valence-electron chi connectivity index (χ1n) is 7.00. The number of aromatic amines is 1. The number of H-pyrrole nitrogens is 1. The molecule has 0 aliphatic carbocycles. The van der Waals surface area contributed by atoms with E-state index >= 15 is 0 Å². The van der Waals surface area contributed by atoms with Gasteiger partial charge in [0.2, 0.25) is 0 Å². The zero-order chi connectivity index (χ0) is 16.1. The van der Waals surface area contributed by atoms with E-state index in [9.17, 15) is 14.4 Å². The zero-order valence-corrected chi connectivity index (χ0v) is 12.6. The number of rotatable bonds is 5. The fraction of sp³-hybridized carbons (Fsp3) is 0.312. The summed E-state index contributed by atoms with van der Waals surface area (Å²) in [6, 6.07) is 8.11. The van der Waals surface area contributed by atoms with Crippen molar-refractivity contribution in [2.75, 3.05) is 6.61 Å². The second-order valence-corrected chi connectivity index (χ2v) is 5.14. The van der Waals surface area contributed by atoms with Gasteiger partial charge < -0.3 is 9.30 Å². The standard InChI is InChI=1S/C16H18N2O4/c1-11-5-3-6-12(9-11)7-4-8-22-15(20)13-10-18(2)16(21)17-14(13)19/h3,5-6,9-10H,4,7-8H2,1-2H3,(H,17,19,21). The molecule has 0 unspecified atom stereocenters. The van der Waals surface area contributed by atoms with Gasteiger partial charge in [0.15, 0.2) is 0 Å². The number of esters is 1. The van der Waals surface area contributed by atoms with Crippen molar-refractivity contribution in [3.8, 4) is 0 Å². The first kappa shape index (κ1) is 15.8. The smallest absolute Gasteiger partial charge is 0.345 e. The molecule has 0 aliphatic rings. The molecule has 0 saturated heterocycles. The largest absolute Gasteiger partial charge is 0.462 e. The monoisotopic (exact) mass is 302 g/mol. The summed E-state index contributed by atoms with van der Waals surface area (Å²) in [6.45, 7) is 2.24. The third-order valence-corrected chi connectivity index (χ3v) is 3.25.